The van der Waals surface area contributed by atoms with Crippen LogP contribution in [0.25, 0.3) is 10.9 Å². The van der Waals surface area contributed by atoms with Gasteiger partial charge in [-0.2, -0.15) is 0 Å². The molecule has 0 saturated carbocycles. The second-order valence-electron chi connectivity index (χ2n) is 8.65. The number of nitrogens with zero attached hydrogens (tertiary/aromatic N) is 2. The predicted octanol–water partition coefficient (Wildman–Crippen LogP) is 5.11. The Labute approximate surface area is 200 Å². The standard InChI is InChI=1S/C27H32N4OS/c1-31(19-20-8-3-2-4-9-20)16-7-15-29-27(32)21-12-13-25-23(18-21)26(33-17-14-28)22-10-5-6-11-24(22)30-25/h2-4,8-9,12-14,18,28H,5-7,10-11,15-17,19H2,1H3,(H,29,32). The van der Waals surface area contributed by atoms with Crippen LogP contribution in [0, 0.1) is 5.41 Å². The Bertz CT molecular complexity index is 1120. The van der Waals surface area contributed by atoms with Crippen molar-refractivity contribution in [1.29, 1.82) is 5.41 Å². The maximum atomic E-state index is 12.9. The predicted molar refractivity (Wildman–Crippen MR) is 138 cm³/mol. The first-order valence-corrected chi connectivity index (χ1v) is 12.7. The Hall–Kier alpha value is -2.70. The summed E-state index contributed by atoms with van der Waals surface area (Å²) in [5.41, 5.74) is 5.43. The third-order valence-electron chi connectivity index (χ3n) is 6.08. The van der Waals surface area contributed by atoms with E-state index in [4.69, 9.17) is 10.4 Å². The van der Waals surface area contributed by atoms with Crippen molar-refractivity contribution in [3.63, 3.8) is 0 Å². The highest BCUT2D eigenvalue weighted by Crippen LogP contribution is 2.36. The molecule has 0 fully saturated rings. The molecule has 0 radical (unpaired) electrons. The Morgan fingerprint density at radius 2 is 2.00 bits per heavy atom. The Kier molecular flexibility index (Phi) is 8.13. The van der Waals surface area contributed by atoms with E-state index in [9.17, 15) is 4.79 Å². The average Bonchev–Trinajstić information content (AvgIpc) is 2.84. The highest BCUT2D eigenvalue weighted by molar-refractivity contribution is 8.00. The van der Waals surface area contributed by atoms with Gasteiger partial charge in [0.1, 0.15) is 0 Å². The number of carbonyl (C=O) groups is 1. The Morgan fingerprint density at radius 1 is 1.18 bits per heavy atom. The molecule has 2 N–H and O–H groups in total. The maximum absolute atomic E-state index is 12.9. The van der Waals surface area contributed by atoms with Crippen LogP contribution in [0.3, 0.4) is 0 Å². The van der Waals surface area contributed by atoms with Gasteiger partial charge in [-0.15, -0.1) is 11.8 Å². The Balaban J connectivity index is 1.40. The van der Waals surface area contributed by atoms with Crippen molar-refractivity contribution in [3.8, 4) is 0 Å². The normalized spacial score (nSPS) is 13.2. The lowest BCUT2D eigenvalue weighted by atomic mass is 9.94. The van der Waals surface area contributed by atoms with Gasteiger partial charge in [0.05, 0.1) is 5.52 Å². The van der Waals surface area contributed by atoms with Crippen molar-refractivity contribution < 1.29 is 4.79 Å². The number of pyridine rings is 1. The lowest BCUT2D eigenvalue weighted by molar-refractivity contribution is 0.0952. The number of benzene rings is 2. The van der Waals surface area contributed by atoms with Crippen LogP contribution in [0.2, 0.25) is 0 Å². The summed E-state index contributed by atoms with van der Waals surface area (Å²) in [5, 5.41) is 11.6. The molecular formula is C27H32N4OS. The molecular weight excluding hydrogens is 428 g/mol. The first-order valence-electron chi connectivity index (χ1n) is 11.7. The summed E-state index contributed by atoms with van der Waals surface area (Å²) in [6, 6.07) is 16.3. The van der Waals surface area contributed by atoms with Crippen LogP contribution >= 0.6 is 11.8 Å². The van der Waals surface area contributed by atoms with Crippen molar-refractivity contribution in [2.75, 3.05) is 25.9 Å². The highest BCUT2D eigenvalue weighted by atomic mass is 32.2. The smallest absolute Gasteiger partial charge is 0.251 e. The second-order valence-corrected chi connectivity index (χ2v) is 9.68. The van der Waals surface area contributed by atoms with Gasteiger partial charge in [0.25, 0.3) is 5.91 Å². The molecule has 1 heterocycles. The number of rotatable bonds is 10. The van der Waals surface area contributed by atoms with E-state index in [1.807, 2.05) is 24.3 Å². The number of thioether (sulfide) groups is 1. The lowest BCUT2D eigenvalue weighted by Crippen LogP contribution is -2.28. The van der Waals surface area contributed by atoms with E-state index in [-0.39, 0.29) is 5.91 Å². The summed E-state index contributed by atoms with van der Waals surface area (Å²) >= 11 is 1.69. The molecule has 1 aliphatic rings. The van der Waals surface area contributed by atoms with Gasteiger partial charge in [0.2, 0.25) is 0 Å². The zero-order chi connectivity index (χ0) is 23.0. The van der Waals surface area contributed by atoms with Crippen LogP contribution in [0.1, 0.15) is 46.4 Å². The molecule has 0 unspecified atom stereocenters. The fourth-order valence-electron chi connectivity index (χ4n) is 4.44. The van der Waals surface area contributed by atoms with E-state index < -0.39 is 0 Å². The summed E-state index contributed by atoms with van der Waals surface area (Å²) in [6.07, 6.45) is 6.75. The number of aryl methyl sites for hydroxylation is 1. The molecule has 0 atom stereocenters. The van der Waals surface area contributed by atoms with Gasteiger partial charge in [0.15, 0.2) is 0 Å². The summed E-state index contributed by atoms with van der Waals surface area (Å²) in [7, 11) is 2.11. The molecule has 5 nitrogen and oxygen atoms in total. The lowest BCUT2D eigenvalue weighted by Gasteiger charge is -2.20. The van der Waals surface area contributed by atoms with Crippen molar-refractivity contribution in [1.82, 2.24) is 15.2 Å². The van der Waals surface area contributed by atoms with Gasteiger partial charge >= 0.3 is 0 Å². The zero-order valence-corrected chi connectivity index (χ0v) is 20.1. The average molecular weight is 461 g/mol. The fourth-order valence-corrected chi connectivity index (χ4v) is 5.40. The van der Waals surface area contributed by atoms with Gasteiger partial charge in [-0.05, 0) is 75.0 Å². The highest BCUT2D eigenvalue weighted by Gasteiger charge is 2.19. The number of amides is 1. The molecule has 1 amide bonds. The van der Waals surface area contributed by atoms with Gasteiger partial charge in [-0.1, -0.05) is 30.3 Å². The first-order chi connectivity index (χ1) is 16.2. The minimum atomic E-state index is -0.0386. The minimum absolute atomic E-state index is 0.0386. The molecule has 3 aromatic rings. The van der Waals surface area contributed by atoms with Gasteiger partial charge < -0.3 is 15.6 Å². The van der Waals surface area contributed by atoms with Crippen molar-refractivity contribution in [2.45, 2.75) is 43.5 Å². The number of hydrogen-bond donors (Lipinski definition) is 2. The molecule has 0 aliphatic heterocycles. The monoisotopic (exact) mass is 460 g/mol. The molecule has 4 rings (SSSR count). The van der Waals surface area contributed by atoms with Crippen LogP contribution in [-0.4, -0.2) is 47.9 Å². The molecule has 0 bridgehead atoms. The van der Waals surface area contributed by atoms with Crippen LogP contribution < -0.4 is 5.32 Å². The van der Waals surface area contributed by atoms with Crippen LogP contribution in [0.5, 0.6) is 0 Å². The molecule has 1 aromatic heterocycles. The third kappa shape index (κ3) is 6.01. The van der Waals surface area contributed by atoms with Gasteiger partial charge in [-0.25, -0.2) is 0 Å². The molecule has 33 heavy (non-hydrogen) atoms. The van der Waals surface area contributed by atoms with Gasteiger partial charge in [-0.3, -0.25) is 9.78 Å². The van der Waals surface area contributed by atoms with Crippen LogP contribution in [0.15, 0.2) is 53.4 Å². The largest absolute Gasteiger partial charge is 0.352 e. The second kappa shape index (κ2) is 11.4. The molecule has 172 valence electrons. The van der Waals surface area contributed by atoms with Crippen LogP contribution in [-0.2, 0) is 19.4 Å². The van der Waals surface area contributed by atoms with E-state index in [1.54, 1.807) is 11.8 Å². The SMILES string of the molecule is CN(CCCNC(=O)c1ccc2nc3c(c(SCC=N)c2c1)CCCC3)Cc1ccccc1. The maximum Gasteiger partial charge on any atom is 0.251 e. The molecule has 0 spiro atoms. The van der Waals surface area contributed by atoms with E-state index in [1.165, 1.54) is 40.8 Å². The molecule has 6 heteroatoms. The van der Waals surface area contributed by atoms with E-state index in [0.717, 1.165) is 43.3 Å². The third-order valence-corrected chi connectivity index (χ3v) is 7.17. The molecule has 1 aliphatic carbocycles. The summed E-state index contributed by atoms with van der Waals surface area (Å²) in [6.45, 7) is 2.48. The fraction of sp³-hybridized carbons (Fsp3) is 0.370. The number of fused-ring (bicyclic) bond motifs is 2. The summed E-state index contributed by atoms with van der Waals surface area (Å²) < 4.78 is 0. The first kappa shape index (κ1) is 23.5. The van der Waals surface area contributed by atoms with Crippen LogP contribution in [0.4, 0.5) is 0 Å². The number of carbonyl (C=O) groups excluding carboxylic acids is 1. The molecule has 0 saturated heterocycles. The number of hydrogen-bond acceptors (Lipinski definition) is 5. The number of nitrogens with one attached hydrogen (secondary N) is 2. The van der Waals surface area contributed by atoms with Gasteiger partial charge in [0, 0.05) is 46.6 Å². The Morgan fingerprint density at radius 3 is 2.82 bits per heavy atom. The van der Waals surface area contributed by atoms with Crippen molar-refractivity contribution in [3.05, 3.63) is 70.9 Å². The van der Waals surface area contributed by atoms with Crippen molar-refractivity contribution in [2.24, 2.45) is 0 Å². The van der Waals surface area contributed by atoms with E-state index >= 15 is 0 Å². The van der Waals surface area contributed by atoms with E-state index in [0.29, 0.717) is 17.9 Å². The molecule has 2 aromatic carbocycles. The number of aromatic nitrogens is 1. The van der Waals surface area contributed by atoms with E-state index in [2.05, 4.69) is 41.5 Å². The van der Waals surface area contributed by atoms with Crippen molar-refractivity contribution >= 4 is 34.8 Å². The summed E-state index contributed by atoms with van der Waals surface area (Å²) in [5.74, 6) is 0.599. The minimum Gasteiger partial charge on any atom is -0.352 e. The summed E-state index contributed by atoms with van der Waals surface area (Å²) in [4.78, 5) is 21.2. The quantitative estimate of drug-likeness (QED) is 0.251. The zero-order valence-electron chi connectivity index (χ0n) is 19.3. The topological polar surface area (TPSA) is 69.1 Å².